The van der Waals surface area contributed by atoms with Crippen LogP contribution in [0.2, 0.25) is 0 Å². The molecule has 3 unspecified atom stereocenters. The minimum Gasteiger partial charge on any atom is -0.303 e. The maximum absolute atomic E-state index is 11.2. The van der Waals surface area contributed by atoms with Crippen LogP contribution in [0.5, 0.6) is 0 Å². The van der Waals surface area contributed by atoms with E-state index in [1.807, 2.05) is 0 Å². The molecule has 14 heavy (non-hydrogen) atoms. The number of carbonyl (C=O) groups is 2. The lowest BCUT2D eigenvalue weighted by Crippen LogP contribution is -2.31. The van der Waals surface area contributed by atoms with Crippen LogP contribution in [-0.4, -0.2) is 12.6 Å². The summed E-state index contributed by atoms with van der Waals surface area (Å²) < 4.78 is 0. The molecule has 0 N–H and O–H groups in total. The molecule has 2 nitrogen and oxygen atoms in total. The second kappa shape index (κ2) is 3.84. The molecule has 2 rings (SSSR count). The molecule has 2 heteroatoms. The topological polar surface area (TPSA) is 34.1 Å². The average molecular weight is 194 g/mol. The summed E-state index contributed by atoms with van der Waals surface area (Å²) in [6.07, 6.45) is 9.74. The third-order valence-corrected chi connectivity index (χ3v) is 4.20. The first-order valence-corrected chi connectivity index (χ1v) is 5.72. The smallest absolute Gasteiger partial charge is 0.126 e. The number of rotatable bonds is 2. The van der Waals surface area contributed by atoms with Crippen molar-refractivity contribution in [2.24, 2.45) is 17.3 Å². The second-order valence-corrected chi connectivity index (χ2v) is 4.99. The Morgan fingerprint density at radius 3 is 2.57 bits per heavy atom. The monoisotopic (exact) mass is 194 g/mol. The van der Waals surface area contributed by atoms with Crippen LogP contribution >= 0.6 is 0 Å². The first-order valence-electron chi connectivity index (χ1n) is 5.72. The largest absolute Gasteiger partial charge is 0.303 e. The molecule has 0 heterocycles. The average Bonchev–Trinajstić information content (AvgIpc) is 2.62. The normalized spacial score (nSPS) is 42.6. The Morgan fingerprint density at radius 1 is 1.07 bits per heavy atom. The van der Waals surface area contributed by atoms with Gasteiger partial charge in [-0.15, -0.1) is 0 Å². The third kappa shape index (κ3) is 1.51. The van der Waals surface area contributed by atoms with Gasteiger partial charge in [0.2, 0.25) is 0 Å². The Morgan fingerprint density at radius 2 is 1.86 bits per heavy atom. The van der Waals surface area contributed by atoms with E-state index >= 15 is 0 Å². The lowest BCUT2D eigenvalue weighted by molar-refractivity contribution is -0.126. The highest BCUT2D eigenvalue weighted by molar-refractivity contribution is 5.69. The standard InChI is InChI=1S/C12H18O2/c13-8-11-4-2-1-3-10-5-6-12(11,7-10)9-14/h8-11H,1-7H2. The zero-order valence-electron chi connectivity index (χ0n) is 8.58. The molecule has 2 bridgehead atoms. The molecule has 0 aromatic rings. The molecule has 2 aliphatic carbocycles. The zero-order chi connectivity index (χ0) is 10.0. The van der Waals surface area contributed by atoms with Crippen molar-refractivity contribution in [1.82, 2.24) is 0 Å². The third-order valence-electron chi connectivity index (χ3n) is 4.20. The van der Waals surface area contributed by atoms with Crippen molar-refractivity contribution < 1.29 is 9.59 Å². The molecule has 0 aromatic heterocycles. The number of hydrogen-bond acceptors (Lipinski definition) is 2. The number of aldehydes is 2. The van der Waals surface area contributed by atoms with Crippen LogP contribution in [-0.2, 0) is 9.59 Å². The Balaban J connectivity index is 2.22. The van der Waals surface area contributed by atoms with E-state index in [0.29, 0.717) is 5.92 Å². The summed E-state index contributed by atoms with van der Waals surface area (Å²) in [6.45, 7) is 0. The van der Waals surface area contributed by atoms with E-state index in [2.05, 4.69) is 0 Å². The van der Waals surface area contributed by atoms with Gasteiger partial charge in [-0.05, 0) is 31.6 Å². The molecular weight excluding hydrogens is 176 g/mol. The Kier molecular flexibility index (Phi) is 2.71. The van der Waals surface area contributed by atoms with Crippen molar-refractivity contribution in [1.29, 1.82) is 0 Å². The highest BCUT2D eigenvalue weighted by atomic mass is 16.1. The summed E-state index contributed by atoms with van der Waals surface area (Å²) in [7, 11) is 0. The van der Waals surface area contributed by atoms with E-state index in [0.717, 1.165) is 44.7 Å². The van der Waals surface area contributed by atoms with Crippen molar-refractivity contribution in [3.05, 3.63) is 0 Å². The van der Waals surface area contributed by atoms with Crippen LogP contribution in [0, 0.1) is 17.3 Å². The van der Waals surface area contributed by atoms with Gasteiger partial charge in [0.15, 0.2) is 0 Å². The maximum atomic E-state index is 11.2. The van der Waals surface area contributed by atoms with Gasteiger partial charge in [0.1, 0.15) is 12.6 Å². The van der Waals surface area contributed by atoms with Crippen molar-refractivity contribution >= 4 is 12.6 Å². The van der Waals surface area contributed by atoms with Gasteiger partial charge in [0, 0.05) is 11.3 Å². The lowest BCUT2D eigenvalue weighted by atomic mass is 9.71. The van der Waals surface area contributed by atoms with Gasteiger partial charge in [0.25, 0.3) is 0 Å². The molecule has 0 aromatic carbocycles. The molecule has 0 aliphatic heterocycles. The highest BCUT2D eigenvalue weighted by Crippen LogP contribution is 2.49. The lowest BCUT2D eigenvalue weighted by Gasteiger charge is -2.30. The molecule has 0 saturated heterocycles. The van der Waals surface area contributed by atoms with Crippen molar-refractivity contribution in [3.63, 3.8) is 0 Å². The highest BCUT2D eigenvalue weighted by Gasteiger charge is 2.45. The summed E-state index contributed by atoms with van der Waals surface area (Å²) in [4.78, 5) is 22.2. The minimum absolute atomic E-state index is 0.00491. The molecule has 0 radical (unpaired) electrons. The van der Waals surface area contributed by atoms with E-state index in [4.69, 9.17) is 0 Å². The fourth-order valence-corrected chi connectivity index (χ4v) is 3.28. The molecular formula is C12H18O2. The predicted octanol–water partition coefficient (Wildman–Crippen LogP) is 2.36. The SMILES string of the molecule is O=CC1CCCCC2CCC1(C=O)C2. The Bertz CT molecular complexity index is 236. The van der Waals surface area contributed by atoms with Crippen LogP contribution in [0.3, 0.4) is 0 Å². The fraction of sp³-hybridized carbons (Fsp3) is 0.833. The van der Waals surface area contributed by atoms with Gasteiger partial charge in [0.05, 0.1) is 0 Å². The van der Waals surface area contributed by atoms with Crippen LogP contribution in [0.25, 0.3) is 0 Å². The van der Waals surface area contributed by atoms with Crippen molar-refractivity contribution in [2.75, 3.05) is 0 Å². The second-order valence-electron chi connectivity index (χ2n) is 4.99. The zero-order valence-corrected chi connectivity index (χ0v) is 8.58. The minimum atomic E-state index is -0.271. The van der Waals surface area contributed by atoms with Gasteiger partial charge in [-0.1, -0.05) is 19.3 Å². The molecule has 3 atom stereocenters. The first kappa shape index (κ1) is 9.88. The van der Waals surface area contributed by atoms with E-state index in [9.17, 15) is 9.59 Å². The van der Waals surface area contributed by atoms with Crippen LogP contribution in [0.1, 0.15) is 44.9 Å². The molecule has 0 spiro atoms. The quantitative estimate of drug-likeness (QED) is 0.632. The van der Waals surface area contributed by atoms with Crippen molar-refractivity contribution in [2.45, 2.75) is 44.9 Å². The Hall–Kier alpha value is -0.660. The number of hydrogen-bond donors (Lipinski definition) is 0. The Labute approximate surface area is 85.1 Å². The van der Waals surface area contributed by atoms with Gasteiger partial charge < -0.3 is 9.59 Å². The summed E-state index contributed by atoms with van der Waals surface area (Å²) in [5.74, 6) is 0.716. The molecule has 0 amide bonds. The predicted molar refractivity (Wildman–Crippen MR) is 53.9 cm³/mol. The van der Waals surface area contributed by atoms with Gasteiger partial charge in [-0.3, -0.25) is 0 Å². The van der Waals surface area contributed by atoms with Gasteiger partial charge in [-0.25, -0.2) is 0 Å². The fourth-order valence-electron chi connectivity index (χ4n) is 3.28. The van der Waals surface area contributed by atoms with E-state index in [-0.39, 0.29) is 11.3 Å². The van der Waals surface area contributed by atoms with Gasteiger partial charge >= 0.3 is 0 Å². The van der Waals surface area contributed by atoms with Crippen LogP contribution in [0.15, 0.2) is 0 Å². The summed E-state index contributed by atoms with van der Waals surface area (Å²) in [6, 6.07) is 0. The number of carbonyl (C=O) groups excluding carboxylic acids is 2. The van der Waals surface area contributed by atoms with E-state index < -0.39 is 0 Å². The first-order chi connectivity index (χ1) is 6.80. The van der Waals surface area contributed by atoms with E-state index in [1.54, 1.807) is 0 Å². The van der Waals surface area contributed by atoms with Gasteiger partial charge in [-0.2, -0.15) is 0 Å². The van der Waals surface area contributed by atoms with Crippen LogP contribution < -0.4 is 0 Å². The molecule has 2 saturated carbocycles. The summed E-state index contributed by atoms with van der Waals surface area (Å²) in [5, 5.41) is 0. The van der Waals surface area contributed by atoms with Crippen molar-refractivity contribution in [3.8, 4) is 0 Å². The summed E-state index contributed by atoms with van der Waals surface area (Å²) >= 11 is 0. The molecule has 78 valence electrons. The number of fused-ring (bicyclic) bond motifs is 2. The molecule has 2 fully saturated rings. The van der Waals surface area contributed by atoms with E-state index in [1.165, 1.54) is 12.8 Å². The molecule has 2 aliphatic rings. The summed E-state index contributed by atoms with van der Waals surface area (Å²) in [5.41, 5.74) is -0.271. The van der Waals surface area contributed by atoms with Crippen LogP contribution in [0.4, 0.5) is 0 Å². The maximum Gasteiger partial charge on any atom is 0.126 e.